The molecule has 1 saturated heterocycles. The van der Waals surface area contributed by atoms with E-state index >= 15 is 0 Å². The summed E-state index contributed by atoms with van der Waals surface area (Å²) in [6, 6.07) is 6.49. The molecule has 4 rings (SSSR count). The number of benzene rings is 1. The van der Waals surface area contributed by atoms with Gasteiger partial charge in [0, 0.05) is 61.0 Å². The first-order valence-electron chi connectivity index (χ1n) is 12.3. The van der Waals surface area contributed by atoms with Crippen LogP contribution in [0.3, 0.4) is 0 Å². The van der Waals surface area contributed by atoms with Crippen molar-refractivity contribution in [2.45, 2.75) is 70.9 Å². The van der Waals surface area contributed by atoms with E-state index in [4.69, 9.17) is 14.2 Å². The smallest absolute Gasteiger partial charge is 0.410 e. The van der Waals surface area contributed by atoms with E-state index in [2.05, 4.69) is 38.8 Å². The largest absolute Gasteiger partial charge is 0.444 e. The fraction of sp³-hybridized carbons (Fsp3) is 0.615. The number of nitrogens with zero attached hydrogens (tertiary/aromatic N) is 3. The minimum absolute atomic E-state index is 0.0592. The zero-order valence-electron chi connectivity index (χ0n) is 21.1. The lowest BCUT2D eigenvalue weighted by atomic mass is 10.1. The Hall–Kier alpha value is -2.10. The number of fused-ring (bicyclic) bond motifs is 1. The van der Waals surface area contributed by atoms with E-state index in [1.54, 1.807) is 12.0 Å². The van der Waals surface area contributed by atoms with Crippen LogP contribution in [0.1, 0.15) is 45.6 Å². The van der Waals surface area contributed by atoms with Crippen molar-refractivity contribution in [2.75, 3.05) is 33.4 Å². The SMILES string of the molecule is COCCCn1cc(CN(C(=O)[C@H]2CN(C(=O)OC(C)(C)C)CCO2)C2CC2)c2cc(Br)ccc21. The summed E-state index contributed by atoms with van der Waals surface area (Å²) in [6.07, 6.45) is 3.97. The Bertz CT molecular complexity index is 1060. The second-order valence-electron chi connectivity index (χ2n) is 10.3. The van der Waals surface area contributed by atoms with Gasteiger partial charge in [-0.2, -0.15) is 0 Å². The fourth-order valence-corrected chi connectivity index (χ4v) is 4.83. The number of morpholine rings is 1. The molecule has 2 aliphatic rings. The molecule has 8 nitrogen and oxygen atoms in total. The number of ether oxygens (including phenoxy) is 3. The number of halogens is 1. The lowest BCUT2D eigenvalue weighted by molar-refractivity contribution is -0.150. The van der Waals surface area contributed by atoms with Gasteiger partial charge in [-0.3, -0.25) is 4.79 Å². The topological polar surface area (TPSA) is 73.2 Å². The van der Waals surface area contributed by atoms with Crippen molar-refractivity contribution >= 4 is 38.8 Å². The predicted molar refractivity (Wildman–Crippen MR) is 137 cm³/mol. The summed E-state index contributed by atoms with van der Waals surface area (Å²) in [5, 5.41) is 1.13. The molecule has 0 radical (unpaired) electrons. The van der Waals surface area contributed by atoms with Gasteiger partial charge in [-0.05, 0) is 63.8 Å². The highest BCUT2D eigenvalue weighted by Crippen LogP contribution is 2.33. The maximum absolute atomic E-state index is 13.6. The number of hydrogen-bond donors (Lipinski definition) is 0. The molecule has 1 aromatic heterocycles. The number of aryl methyl sites for hydroxylation is 1. The standard InChI is InChI=1S/C26H36BrN3O5/c1-26(2,3)35-25(32)29-11-13-34-23(17-29)24(31)30(20-7-8-20)16-18-15-28(10-5-12-33-4)22-9-6-19(27)14-21(18)22/h6,9,14-15,20,23H,5,7-8,10-13,16-17H2,1-4H3/t23-/m1/s1. The maximum atomic E-state index is 13.6. The van der Waals surface area contributed by atoms with E-state index in [-0.39, 0.29) is 18.5 Å². The van der Waals surface area contributed by atoms with Crippen LogP contribution in [-0.2, 0) is 32.1 Å². The Morgan fingerprint density at radius 1 is 1.26 bits per heavy atom. The number of carbonyl (C=O) groups is 2. The molecule has 0 unspecified atom stereocenters. The molecule has 1 aliphatic heterocycles. The van der Waals surface area contributed by atoms with Crippen LogP contribution >= 0.6 is 15.9 Å². The van der Waals surface area contributed by atoms with E-state index < -0.39 is 17.8 Å². The number of carbonyl (C=O) groups excluding carboxylic acids is 2. The molecule has 0 N–H and O–H groups in total. The van der Waals surface area contributed by atoms with Crippen LogP contribution in [0.4, 0.5) is 4.79 Å². The van der Waals surface area contributed by atoms with Crippen LogP contribution in [0.5, 0.6) is 0 Å². The maximum Gasteiger partial charge on any atom is 0.410 e. The molecule has 35 heavy (non-hydrogen) atoms. The molecular weight excluding hydrogens is 514 g/mol. The average Bonchev–Trinajstić information content (AvgIpc) is 3.59. The van der Waals surface area contributed by atoms with Gasteiger partial charge in [-0.25, -0.2) is 4.79 Å². The van der Waals surface area contributed by atoms with Crippen molar-refractivity contribution in [3.8, 4) is 0 Å². The van der Waals surface area contributed by atoms with Gasteiger partial charge < -0.3 is 28.6 Å². The first kappa shape index (κ1) is 26.0. The second kappa shape index (κ2) is 10.9. The van der Waals surface area contributed by atoms with E-state index in [1.807, 2.05) is 31.7 Å². The number of hydrogen-bond acceptors (Lipinski definition) is 5. The second-order valence-corrected chi connectivity index (χ2v) is 11.3. The summed E-state index contributed by atoms with van der Waals surface area (Å²) in [6.45, 7) is 8.53. The Balaban J connectivity index is 1.52. The Morgan fingerprint density at radius 2 is 2.03 bits per heavy atom. The van der Waals surface area contributed by atoms with Gasteiger partial charge in [0.1, 0.15) is 5.60 Å². The molecule has 9 heteroatoms. The van der Waals surface area contributed by atoms with Crippen molar-refractivity contribution in [3.05, 3.63) is 34.4 Å². The first-order chi connectivity index (χ1) is 16.7. The molecule has 1 aliphatic carbocycles. The molecule has 0 spiro atoms. The number of aromatic nitrogens is 1. The number of amides is 2. The van der Waals surface area contributed by atoms with Gasteiger partial charge >= 0.3 is 6.09 Å². The van der Waals surface area contributed by atoms with E-state index in [0.29, 0.717) is 26.3 Å². The molecule has 192 valence electrons. The molecule has 2 aromatic rings. The summed E-state index contributed by atoms with van der Waals surface area (Å²) in [4.78, 5) is 29.8. The van der Waals surface area contributed by atoms with Gasteiger partial charge in [0.15, 0.2) is 6.10 Å². The van der Waals surface area contributed by atoms with Gasteiger partial charge in [0.25, 0.3) is 5.91 Å². The van der Waals surface area contributed by atoms with Crippen molar-refractivity contribution < 1.29 is 23.8 Å². The number of rotatable bonds is 8. The third kappa shape index (κ3) is 6.57. The van der Waals surface area contributed by atoms with Crippen molar-refractivity contribution in [1.29, 1.82) is 0 Å². The highest BCUT2D eigenvalue weighted by Gasteiger charge is 2.39. The van der Waals surface area contributed by atoms with E-state index in [1.165, 1.54) is 0 Å². The Morgan fingerprint density at radius 3 is 2.71 bits per heavy atom. The number of methoxy groups -OCH3 is 1. The van der Waals surface area contributed by atoms with Crippen molar-refractivity contribution in [3.63, 3.8) is 0 Å². The third-order valence-corrected chi connectivity index (χ3v) is 6.77. The lowest BCUT2D eigenvalue weighted by Crippen LogP contribution is -2.53. The minimum atomic E-state index is -0.682. The Kier molecular flexibility index (Phi) is 8.08. The van der Waals surface area contributed by atoms with Crippen molar-refractivity contribution in [2.24, 2.45) is 0 Å². The first-order valence-corrected chi connectivity index (χ1v) is 13.1. The summed E-state index contributed by atoms with van der Waals surface area (Å²) in [5.41, 5.74) is 1.67. The van der Waals surface area contributed by atoms with Crippen LogP contribution < -0.4 is 0 Å². The monoisotopic (exact) mass is 549 g/mol. The van der Waals surface area contributed by atoms with Crippen LogP contribution in [0.15, 0.2) is 28.9 Å². The molecule has 1 saturated carbocycles. The van der Waals surface area contributed by atoms with Gasteiger partial charge in [0.05, 0.1) is 13.2 Å². The molecule has 2 amide bonds. The summed E-state index contributed by atoms with van der Waals surface area (Å²) in [7, 11) is 1.71. The summed E-state index contributed by atoms with van der Waals surface area (Å²) < 4.78 is 19.9. The molecule has 1 aromatic carbocycles. The van der Waals surface area contributed by atoms with Crippen LogP contribution in [-0.4, -0.2) is 77.5 Å². The van der Waals surface area contributed by atoms with E-state index in [0.717, 1.165) is 46.7 Å². The highest BCUT2D eigenvalue weighted by molar-refractivity contribution is 9.10. The fourth-order valence-electron chi connectivity index (χ4n) is 4.47. The minimum Gasteiger partial charge on any atom is -0.444 e. The zero-order valence-corrected chi connectivity index (χ0v) is 22.7. The highest BCUT2D eigenvalue weighted by atomic mass is 79.9. The summed E-state index contributed by atoms with van der Waals surface area (Å²) >= 11 is 3.60. The normalized spacial score (nSPS) is 18.7. The zero-order chi connectivity index (χ0) is 25.2. The summed E-state index contributed by atoms with van der Waals surface area (Å²) in [5.74, 6) is -0.0592. The molecule has 1 atom stereocenters. The average molecular weight is 550 g/mol. The van der Waals surface area contributed by atoms with Crippen LogP contribution in [0, 0.1) is 0 Å². The predicted octanol–water partition coefficient (Wildman–Crippen LogP) is 4.57. The molecular formula is C26H36BrN3O5. The lowest BCUT2D eigenvalue weighted by Gasteiger charge is -2.35. The molecule has 2 heterocycles. The molecule has 2 fully saturated rings. The van der Waals surface area contributed by atoms with E-state index in [9.17, 15) is 9.59 Å². The third-order valence-electron chi connectivity index (χ3n) is 6.28. The van der Waals surface area contributed by atoms with Gasteiger partial charge in [0.2, 0.25) is 0 Å². The Labute approximate surface area is 215 Å². The van der Waals surface area contributed by atoms with Crippen LogP contribution in [0.2, 0.25) is 0 Å². The van der Waals surface area contributed by atoms with Crippen LogP contribution in [0.25, 0.3) is 10.9 Å². The van der Waals surface area contributed by atoms with Crippen molar-refractivity contribution in [1.82, 2.24) is 14.4 Å². The van der Waals surface area contributed by atoms with Gasteiger partial charge in [-0.15, -0.1) is 0 Å². The molecule has 0 bridgehead atoms. The van der Waals surface area contributed by atoms with Gasteiger partial charge in [-0.1, -0.05) is 15.9 Å². The quantitative estimate of drug-likeness (QED) is 0.451.